The third kappa shape index (κ3) is 4.71. The number of aliphatic hydroxyl groups is 1. The predicted molar refractivity (Wildman–Crippen MR) is 67.9 cm³/mol. The molecular weight excluding hydrogens is 232 g/mol. The largest absolute Gasteiger partial charge is 0.444 e. The van der Waals surface area contributed by atoms with E-state index in [1.54, 1.807) is 25.4 Å². The van der Waals surface area contributed by atoms with E-state index in [0.717, 1.165) is 5.56 Å². The van der Waals surface area contributed by atoms with Crippen LogP contribution in [0.15, 0.2) is 18.3 Å². The second kappa shape index (κ2) is 5.82. The molecule has 1 N–H and O–H groups in total. The summed E-state index contributed by atoms with van der Waals surface area (Å²) in [6, 6.07) is 3.57. The fourth-order valence-electron chi connectivity index (χ4n) is 1.39. The van der Waals surface area contributed by atoms with Crippen LogP contribution in [-0.2, 0) is 17.9 Å². The van der Waals surface area contributed by atoms with E-state index in [2.05, 4.69) is 4.98 Å². The minimum absolute atomic E-state index is 0.107. The second-order valence-corrected chi connectivity index (χ2v) is 5.15. The summed E-state index contributed by atoms with van der Waals surface area (Å²) in [6.45, 7) is 5.80. The molecule has 0 radical (unpaired) electrons. The van der Waals surface area contributed by atoms with E-state index < -0.39 is 5.60 Å². The Bertz CT molecular complexity index is 413. The average molecular weight is 252 g/mol. The molecule has 0 aliphatic heterocycles. The minimum Gasteiger partial charge on any atom is -0.444 e. The van der Waals surface area contributed by atoms with Gasteiger partial charge in [-0.2, -0.15) is 0 Å². The fraction of sp³-hybridized carbons (Fsp3) is 0.538. The van der Waals surface area contributed by atoms with Crippen molar-refractivity contribution in [3.05, 3.63) is 29.6 Å². The number of hydrogen-bond acceptors (Lipinski definition) is 4. The molecule has 0 fully saturated rings. The van der Waals surface area contributed by atoms with Crippen LogP contribution in [0.4, 0.5) is 4.79 Å². The van der Waals surface area contributed by atoms with E-state index in [0.29, 0.717) is 12.2 Å². The molecule has 100 valence electrons. The van der Waals surface area contributed by atoms with Crippen molar-refractivity contribution in [2.45, 2.75) is 39.5 Å². The first-order valence-corrected chi connectivity index (χ1v) is 5.80. The van der Waals surface area contributed by atoms with Crippen molar-refractivity contribution >= 4 is 6.09 Å². The van der Waals surface area contributed by atoms with Crippen LogP contribution >= 0.6 is 0 Å². The van der Waals surface area contributed by atoms with Gasteiger partial charge in [0.15, 0.2) is 0 Å². The molecule has 5 heteroatoms. The number of amides is 1. The monoisotopic (exact) mass is 252 g/mol. The maximum atomic E-state index is 11.8. The van der Waals surface area contributed by atoms with Crippen molar-refractivity contribution < 1.29 is 14.6 Å². The fourth-order valence-corrected chi connectivity index (χ4v) is 1.39. The maximum absolute atomic E-state index is 11.8. The number of ether oxygens (including phenoxy) is 1. The summed E-state index contributed by atoms with van der Waals surface area (Å²) in [5.74, 6) is 0. The summed E-state index contributed by atoms with van der Waals surface area (Å²) in [5, 5.41) is 8.99. The van der Waals surface area contributed by atoms with Crippen LogP contribution in [0.5, 0.6) is 0 Å². The topological polar surface area (TPSA) is 62.7 Å². The van der Waals surface area contributed by atoms with Gasteiger partial charge in [0.25, 0.3) is 0 Å². The van der Waals surface area contributed by atoms with E-state index in [-0.39, 0.29) is 12.7 Å². The standard InChI is InChI=1S/C13H20N2O3/c1-13(2,3)18-12(17)15(4)8-10-5-6-14-11(7-10)9-16/h5-7,16H,8-9H2,1-4H3. The van der Waals surface area contributed by atoms with Crippen LogP contribution < -0.4 is 0 Å². The molecule has 5 nitrogen and oxygen atoms in total. The van der Waals surface area contributed by atoms with Crippen LogP contribution in [0.2, 0.25) is 0 Å². The molecule has 0 aromatic carbocycles. The van der Waals surface area contributed by atoms with Gasteiger partial charge < -0.3 is 14.7 Å². The summed E-state index contributed by atoms with van der Waals surface area (Å²) in [6.07, 6.45) is 1.24. The lowest BCUT2D eigenvalue weighted by atomic mass is 10.2. The molecule has 1 heterocycles. The van der Waals surface area contributed by atoms with Gasteiger partial charge in [0.1, 0.15) is 5.60 Å². The minimum atomic E-state index is -0.500. The zero-order valence-corrected chi connectivity index (χ0v) is 11.3. The van der Waals surface area contributed by atoms with Crippen LogP contribution in [0.1, 0.15) is 32.0 Å². The van der Waals surface area contributed by atoms with Crippen molar-refractivity contribution in [3.8, 4) is 0 Å². The van der Waals surface area contributed by atoms with Crippen LogP contribution in [0.3, 0.4) is 0 Å². The van der Waals surface area contributed by atoms with Gasteiger partial charge in [-0.05, 0) is 38.5 Å². The molecule has 1 rings (SSSR count). The highest BCUT2D eigenvalue weighted by atomic mass is 16.6. The number of carbonyl (C=O) groups is 1. The van der Waals surface area contributed by atoms with Crippen molar-refractivity contribution in [2.24, 2.45) is 0 Å². The normalized spacial score (nSPS) is 11.2. The third-order valence-electron chi connectivity index (χ3n) is 2.17. The molecule has 0 saturated heterocycles. The number of aromatic nitrogens is 1. The Hall–Kier alpha value is -1.62. The van der Waals surface area contributed by atoms with E-state index in [4.69, 9.17) is 9.84 Å². The zero-order valence-electron chi connectivity index (χ0n) is 11.3. The van der Waals surface area contributed by atoms with Crippen molar-refractivity contribution in [2.75, 3.05) is 7.05 Å². The SMILES string of the molecule is CN(Cc1ccnc(CO)c1)C(=O)OC(C)(C)C. The van der Waals surface area contributed by atoms with E-state index in [1.165, 1.54) is 4.90 Å². The summed E-state index contributed by atoms with van der Waals surface area (Å²) in [5.41, 5.74) is 0.993. The number of nitrogens with zero attached hydrogens (tertiary/aromatic N) is 2. The Morgan fingerprint density at radius 2 is 2.17 bits per heavy atom. The molecule has 1 amide bonds. The van der Waals surface area contributed by atoms with E-state index in [1.807, 2.05) is 20.8 Å². The Morgan fingerprint density at radius 3 is 2.72 bits per heavy atom. The Balaban J connectivity index is 2.63. The first kappa shape index (κ1) is 14.4. The van der Waals surface area contributed by atoms with Crippen LogP contribution in [-0.4, -0.2) is 33.7 Å². The lowest BCUT2D eigenvalue weighted by Gasteiger charge is -2.24. The number of pyridine rings is 1. The van der Waals surface area contributed by atoms with Crippen LogP contribution in [0, 0.1) is 0 Å². The molecule has 0 atom stereocenters. The maximum Gasteiger partial charge on any atom is 0.410 e. The molecule has 0 saturated carbocycles. The van der Waals surface area contributed by atoms with Gasteiger partial charge in [-0.3, -0.25) is 4.98 Å². The summed E-state index contributed by atoms with van der Waals surface area (Å²) in [7, 11) is 1.67. The first-order valence-electron chi connectivity index (χ1n) is 5.80. The second-order valence-electron chi connectivity index (χ2n) is 5.15. The molecule has 1 aromatic heterocycles. The van der Waals surface area contributed by atoms with Gasteiger partial charge in [-0.15, -0.1) is 0 Å². The molecule has 0 aliphatic carbocycles. The van der Waals surface area contributed by atoms with Gasteiger partial charge in [-0.1, -0.05) is 0 Å². The lowest BCUT2D eigenvalue weighted by Crippen LogP contribution is -2.33. The molecule has 0 unspecified atom stereocenters. The van der Waals surface area contributed by atoms with E-state index >= 15 is 0 Å². The van der Waals surface area contributed by atoms with Gasteiger partial charge in [0.05, 0.1) is 12.3 Å². The predicted octanol–water partition coefficient (Wildman–Crippen LogP) is 1.94. The number of rotatable bonds is 3. The highest BCUT2D eigenvalue weighted by Gasteiger charge is 2.19. The van der Waals surface area contributed by atoms with Crippen molar-refractivity contribution in [1.82, 2.24) is 9.88 Å². The van der Waals surface area contributed by atoms with Gasteiger partial charge in [0.2, 0.25) is 0 Å². The smallest absolute Gasteiger partial charge is 0.410 e. The molecule has 1 aromatic rings. The highest BCUT2D eigenvalue weighted by molar-refractivity contribution is 5.67. The molecule has 0 spiro atoms. The van der Waals surface area contributed by atoms with Gasteiger partial charge in [-0.25, -0.2) is 4.79 Å². The van der Waals surface area contributed by atoms with E-state index in [9.17, 15) is 4.79 Å². The average Bonchev–Trinajstić information content (AvgIpc) is 2.27. The number of aliphatic hydroxyl groups excluding tert-OH is 1. The van der Waals surface area contributed by atoms with Crippen LogP contribution in [0.25, 0.3) is 0 Å². The molecule has 0 bridgehead atoms. The van der Waals surface area contributed by atoms with Gasteiger partial charge >= 0.3 is 6.09 Å². The first-order chi connectivity index (χ1) is 8.31. The molecule has 0 aliphatic rings. The highest BCUT2D eigenvalue weighted by Crippen LogP contribution is 2.11. The number of carbonyl (C=O) groups excluding carboxylic acids is 1. The molecular formula is C13H20N2O3. The van der Waals surface area contributed by atoms with Crippen molar-refractivity contribution in [1.29, 1.82) is 0 Å². The lowest BCUT2D eigenvalue weighted by molar-refractivity contribution is 0.0285. The summed E-state index contributed by atoms with van der Waals surface area (Å²) < 4.78 is 5.25. The zero-order chi connectivity index (χ0) is 13.8. The Kier molecular flexibility index (Phi) is 4.67. The van der Waals surface area contributed by atoms with Gasteiger partial charge in [0, 0.05) is 19.8 Å². The Labute approximate surface area is 107 Å². The third-order valence-corrected chi connectivity index (χ3v) is 2.17. The Morgan fingerprint density at radius 1 is 1.50 bits per heavy atom. The summed E-state index contributed by atoms with van der Waals surface area (Å²) in [4.78, 5) is 17.2. The summed E-state index contributed by atoms with van der Waals surface area (Å²) >= 11 is 0. The quantitative estimate of drug-likeness (QED) is 0.893. The molecule has 18 heavy (non-hydrogen) atoms. The number of hydrogen-bond donors (Lipinski definition) is 1. The van der Waals surface area contributed by atoms with Crippen molar-refractivity contribution in [3.63, 3.8) is 0 Å².